The molecule has 0 aliphatic carbocycles. The zero-order valence-corrected chi connectivity index (χ0v) is 13.6. The van der Waals surface area contributed by atoms with Crippen molar-refractivity contribution in [3.8, 4) is 0 Å². The molecule has 6 nitrogen and oxygen atoms in total. The maximum absolute atomic E-state index is 11.9. The molecule has 2 aromatic rings. The lowest BCUT2D eigenvalue weighted by Crippen LogP contribution is -2.39. The fourth-order valence-corrected chi connectivity index (χ4v) is 1.89. The van der Waals surface area contributed by atoms with Crippen molar-refractivity contribution >= 4 is 24.2 Å². The van der Waals surface area contributed by atoms with Crippen LogP contribution in [0.5, 0.6) is 0 Å². The van der Waals surface area contributed by atoms with Crippen LogP contribution < -0.4 is 16.4 Å². The van der Waals surface area contributed by atoms with E-state index in [-0.39, 0.29) is 30.0 Å². The summed E-state index contributed by atoms with van der Waals surface area (Å²) in [6.45, 7) is 2.56. The van der Waals surface area contributed by atoms with Gasteiger partial charge < -0.3 is 20.8 Å². The van der Waals surface area contributed by atoms with E-state index in [0.29, 0.717) is 13.1 Å². The van der Waals surface area contributed by atoms with Crippen molar-refractivity contribution in [1.29, 1.82) is 0 Å². The summed E-state index contributed by atoms with van der Waals surface area (Å²) in [5, 5.41) is 5.33. The molecule has 4 N–H and O–H groups in total. The number of furan rings is 1. The fraction of sp³-hybridized carbons (Fsp3) is 0.250. The first-order valence-corrected chi connectivity index (χ1v) is 6.99. The molecule has 0 radical (unpaired) electrons. The molecule has 0 aliphatic rings. The Kier molecular flexibility index (Phi) is 7.31. The Balaban J connectivity index is 0.00000264. The summed E-state index contributed by atoms with van der Waals surface area (Å²) in [5.41, 5.74) is 7.75. The maximum Gasteiger partial charge on any atom is 0.287 e. The lowest BCUT2D eigenvalue weighted by molar-refractivity contribution is -0.122. The summed E-state index contributed by atoms with van der Waals surface area (Å²) < 4.78 is 4.96. The first-order valence-electron chi connectivity index (χ1n) is 6.99. The van der Waals surface area contributed by atoms with E-state index in [4.69, 9.17) is 10.2 Å². The molecule has 0 spiro atoms. The quantitative estimate of drug-likeness (QED) is 0.697. The van der Waals surface area contributed by atoms with Crippen LogP contribution in [0, 0.1) is 6.92 Å². The number of benzene rings is 1. The van der Waals surface area contributed by atoms with E-state index in [9.17, 15) is 9.59 Å². The zero-order valence-electron chi connectivity index (χ0n) is 12.7. The summed E-state index contributed by atoms with van der Waals surface area (Å²) in [4.78, 5) is 23.5. The van der Waals surface area contributed by atoms with Crippen molar-refractivity contribution in [2.24, 2.45) is 5.73 Å². The van der Waals surface area contributed by atoms with Crippen LogP contribution in [0.15, 0.2) is 47.1 Å². The number of nitrogens with one attached hydrogen (secondary N) is 2. The third-order valence-corrected chi connectivity index (χ3v) is 3.17. The largest absolute Gasteiger partial charge is 0.459 e. The van der Waals surface area contributed by atoms with Crippen molar-refractivity contribution in [1.82, 2.24) is 10.6 Å². The topological polar surface area (TPSA) is 97.4 Å². The van der Waals surface area contributed by atoms with Gasteiger partial charge in [0.15, 0.2) is 5.76 Å². The Morgan fingerprint density at radius 1 is 1.13 bits per heavy atom. The highest BCUT2D eigenvalue weighted by Gasteiger charge is 2.15. The van der Waals surface area contributed by atoms with E-state index in [1.807, 2.05) is 31.2 Å². The highest BCUT2D eigenvalue weighted by molar-refractivity contribution is 5.91. The maximum atomic E-state index is 11.9. The molecule has 0 saturated heterocycles. The average molecular weight is 338 g/mol. The highest BCUT2D eigenvalue weighted by atomic mass is 35.5. The molecule has 1 unspecified atom stereocenters. The van der Waals surface area contributed by atoms with Gasteiger partial charge >= 0.3 is 0 Å². The van der Waals surface area contributed by atoms with Gasteiger partial charge in [0.05, 0.1) is 6.26 Å². The second kappa shape index (κ2) is 8.97. The van der Waals surface area contributed by atoms with Gasteiger partial charge in [0.1, 0.15) is 6.04 Å². The summed E-state index contributed by atoms with van der Waals surface area (Å²) in [6, 6.07) is 9.97. The van der Waals surface area contributed by atoms with Crippen molar-refractivity contribution < 1.29 is 14.0 Å². The summed E-state index contributed by atoms with van der Waals surface area (Å²) in [5.74, 6) is -0.360. The monoisotopic (exact) mass is 337 g/mol. The predicted molar refractivity (Wildman–Crippen MR) is 89.4 cm³/mol. The summed E-state index contributed by atoms with van der Waals surface area (Å²) in [7, 11) is 0. The molecule has 0 fully saturated rings. The predicted octanol–water partition coefficient (Wildman–Crippen LogP) is 1.56. The van der Waals surface area contributed by atoms with Gasteiger partial charge in [0.2, 0.25) is 5.91 Å². The first kappa shape index (κ1) is 18.7. The van der Waals surface area contributed by atoms with Gasteiger partial charge in [-0.1, -0.05) is 29.8 Å². The molecule has 2 rings (SSSR count). The van der Waals surface area contributed by atoms with E-state index >= 15 is 0 Å². The fourth-order valence-electron chi connectivity index (χ4n) is 1.89. The van der Waals surface area contributed by atoms with Gasteiger partial charge in [-0.15, -0.1) is 12.4 Å². The number of rotatable bonds is 6. The molecule has 7 heteroatoms. The van der Waals surface area contributed by atoms with Crippen molar-refractivity contribution in [2.75, 3.05) is 13.1 Å². The Hall–Kier alpha value is -2.31. The van der Waals surface area contributed by atoms with Gasteiger partial charge in [-0.25, -0.2) is 0 Å². The Bertz CT molecular complexity index is 627. The van der Waals surface area contributed by atoms with Crippen LogP contribution in [0.25, 0.3) is 0 Å². The van der Waals surface area contributed by atoms with E-state index < -0.39 is 6.04 Å². The number of hydrogen-bond acceptors (Lipinski definition) is 4. The van der Waals surface area contributed by atoms with Crippen LogP contribution in [0.1, 0.15) is 27.7 Å². The smallest absolute Gasteiger partial charge is 0.287 e. The minimum atomic E-state index is -0.721. The van der Waals surface area contributed by atoms with Crippen molar-refractivity contribution in [2.45, 2.75) is 13.0 Å². The van der Waals surface area contributed by atoms with Gasteiger partial charge in [0.25, 0.3) is 5.91 Å². The van der Waals surface area contributed by atoms with E-state index in [2.05, 4.69) is 10.6 Å². The number of carbonyl (C=O) groups excluding carboxylic acids is 2. The SMILES string of the molecule is Cc1ccc(C(N)C(=O)NCCNC(=O)c2ccco2)cc1.Cl. The zero-order chi connectivity index (χ0) is 15.9. The second-order valence-electron chi connectivity index (χ2n) is 4.91. The van der Waals surface area contributed by atoms with Crippen molar-refractivity contribution in [3.63, 3.8) is 0 Å². The third kappa shape index (κ3) is 5.43. The number of aryl methyl sites for hydroxylation is 1. The van der Waals surface area contributed by atoms with Crippen LogP contribution >= 0.6 is 12.4 Å². The Morgan fingerprint density at radius 2 is 1.78 bits per heavy atom. The van der Waals surface area contributed by atoms with Gasteiger partial charge in [0, 0.05) is 13.1 Å². The number of amides is 2. The number of nitrogens with two attached hydrogens (primary N) is 1. The van der Waals surface area contributed by atoms with Crippen molar-refractivity contribution in [3.05, 3.63) is 59.5 Å². The lowest BCUT2D eigenvalue weighted by atomic mass is 10.1. The van der Waals surface area contributed by atoms with Gasteiger partial charge in [-0.3, -0.25) is 9.59 Å². The van der Waals surface area contributed by atoms with Crippen LogP contribution in [0.3, 0.4) is 0 Å². The molecular weight excluding hydrogens is 318 g/mol. The molecule has 23 heavy (non-hydrogen) atoms. The van der Waals surface area contributed by atoms with E-state index in [1.54, 1.807) is 12.1 Å². The Labute approximate surface area is 140 Å². The second-order valence-corrected chi connectivity index (χ2v) is 4.91. The summed E-state index contributed by atoms with van der Waals surface area (Å²) >= 11 is 0. The van der Waals surface area contributed by atoms with Crippen LogP contribution in [-0.4, -0.2) is 24.9 Å². The molecule has 0 saturated carbocycles. The molecule has 0 bridgehead atoms. The Morgan fingerprint density at radius 3 is 2.39 bits per heavy atom. The molecule has 1 aromatic carbocycles. The molecule has 1 atom stereocenters. The van der Waals surface area contributed by atoms with E-state index in [1.165, 1.54) is 6.26 Å². The molecule has 0 aliphatic heterocycles. The van der Waals surface area contributed by atoms with Gasteiger partial charge in [-0.05, 0) is 24.6 Å². The molecule has 1 aromatic heterocycles. The first-order chi connectivity index (χ1) is 10.6. The summed E-state index contributed by atoms with van der Waals surface area (Å²) in [6.07, 6.45) is 1.43. The van der Waals surface area contributed by atoms with Crippen LogP contribution in [0.4, 0.5) is 0 Å². The lowest BCUT2D eigenvalue weighted by Gasteiger charge is -2.13. The highest BCUT2D eigenvalue weighted by Crippen LogP contribution is 2.11. The molecule has 2 amide bonds. The van der Waals surface area contributed by atoms with Crippen LogP contribution in [0.2, 0.25) is 0 Å². The number of hydrogen-bond donors (Lipinski definition) is 3. The number of halogens is 1. The molecule has 1 heterocycles. The molecule has 124 valence electrons. The van der Waals surface area contributed by atoms with Crippen LogP contribution in [-0.2, 0) is 4.79 Å². The average Bonchev–Trinajstić information content (AvgIpc) is 3.05. The standard InChI is InChI=1S/C16H19N3O3.ClH/c1-11-4-6-12(7-5-11)14(17)16(21)19-9-8-18-15(20)13-3-2-10-22-13;/h2-7,10,14H,8-9,17H2,1H3,(H,18,20)(H,19,21);1H. The minimum Gasteiger partial charge on any atom is -0.459 e. The normalized spacial score (nSPS) is 11.2. The molecular formula is C16H20ClN3O3. The van der Waals surface area contributed by atoms with E-state index in [0.717, 1.165) is 11.1 Å². The third-order valence-electron chi connectivity index (χ3n) is 3.17. The number of carbonyl (C=O) groups is 2. The van der Waals surface area contributed by atoms with Gasteiger partial charge in [-0.2, -0.15) is 0 Å². The minimum absolute atomic E-state index is 0.